The summed E-state index contributed by atoms with van der Waals surface area (Å²) in [6, 6.07) is 3.98. The summed E-state index contributed by atoms with van der Waals surface area (Å²) in [6.45, 7) is 12.9. The molecule has 0 fully saturated rings. The summed E-state index contributed by atoms with van der Waals surface area (Å²) in [5.74, 6) is -0.166. The van der Waals surface area contributed by atoms with Crippen LogP contribution in [-0.4, -0.2) is 23.7 Å². The molecular formula is C23H31NO6. The molecule has 1 atom stereocenters. The van der Waals surface area contributed by atoms with Crippen molar-refractivity contribution in [2.24, 2.45) is 5.92 Å². The molecule has 1 heterocycles. The van der Waals surface area contributed by atoms with E-state index in [9.17, 15) is 14.4 Å². The van der Waals surface area contributed by atoms with Gasteiger partial charge in [0.1, 0.15) is 23.0 Å². The van der Waals surface area contributed by atoms with E-state index in [0.717, 1.165) is 11.1 Å². The van der Waals surface area contributed by atoms with Crippen LogP contribution in [0.15, 0.2) is 27.4 Å². The number of hydrogen-bond acceptors (Lipinski definition) is 6. The van der Waals surface area contributed by atoms with Crippen LogP contribution in [0.25, 0.3) is 11.0 Å². The summed E-state index contributed by atoms with van der Waals surface area (Å²) in [7, 11) is 0. The van der Waals surface area contributed by atoms with E-state index in [1.165, 1.54) is 6.07 Å². The number of esters is 1. The van der Waals surface area contributed by atoms with Crippen LogP contribution < -0.4 is 15.7 Å². The Morgan fingerprint density at radius 2 is 1.83 bits per heavy atom. The Hall–Kier alpha value is -2.83. The Kier molecular flexibility index (Phi) is 7.29. The van der Waals surface area contributed by atoms with Gasteiger partial charge in [-0.1, -0.05) is 20.8 Å². The molecule has 1 amide bonds. The number of rotatable bonds is 6. The van der Waals surface area contributed by atoms with Gasteiger partial charge in [0.25, 0.3) is 0 Å². The number of ether oxygens (including phenoxy) is 2. The molecule has 1 aromatic carbocycles. The first kappa shape index (κ1) is 23.4. The number of amides is 1. The molecule has 0 radical (unpaired) electrons. The number of benzene rings is 1. The Labute approximate surface area is 176 Å². The minimum absolute atomic E-state index is 0.135. The monoisotopic (exact) mass is 417 g/mol. The highest BCUT2D eigenvalue weighted by Gasteiger charge is 2.27. The lowest BCUT2D eigenvalue weighted by Crippen LogP contribution is -2.45. The molecule has 30 heavy (non-hydrogen) atoms. The number of hydrogen-bond donors (Lipinski definition) is 1. The molecule has 0 aliphatic carbocycles. The molecule has 2 rings (SSSR count). The Balaban J connectivity index is 2.38. The highest BCUT2D eigenvalue weighted by molar-refractivity contribution is 5.91. The van der Waals surface area contributed by atoms with Crippen LogP contribution in [0.1, 0.15) is 59.1 Å². The Morgan fingerprint density at radius 3 is 2.40 bits per heavy atom. The lowest BCUT2D eigenvalue weighted by Gasteiger charge is -2.24. The number of fused-ring (bicyclic) bond motifs is 1. The predicted octanol–water partition coefficient (Wildman–Crippen LogP) is 4.51. The number of alkyl carbamates (subject to hydrolysis) is 1. The Morgan fingerprint density at radius 1 is 1.17 bits per heavy atom. The Bertz CT molecular complexity index is 984. The van der Waals surface area contributed by atoms with Gasteiger partial charge in [-0.3, -0.25) is 0 Å². The van der Waals surface area contributed by atoms with Crippen molar-refractivity contribution in [2.45, 2.75) is 73.0 Å². The summed E-state index contributed by atoms with van der Waals surface area (Å²) in [5, 5.41) is 3.20. The maximum atomic E-state index is 13.0. The van der Waals surface area contributed by atoms with E-state index in [4.69, 9.17) is 13.9 Å². The van der Waals surface area contributed by atoms with Gasteiger partial charge in [-0.2, -0.15) is 0 Å². The first-order valence-corrected chi connectivity index (χ1v) is 10.2. The smallest absolute Gasteiger partial charge is 0.408 e. The van der Waals surface area contributed by atoms with Gasteiger partial charge in [-0.25, -0.2) is 14.4 Å². The molecular weight excluding hydrogens is 386 g/mol. The van der Waals surface area contributed by atoms with Crippen molar-refractivity contribution in [1.82, 2.24) is 5.32 Å². The molecule has 1 N–H and O–H groups in total. The number of carbonyl (C=O) groups is 2. The fourth-order valence-electron chi connectivity index (χ4n) is 3.14. The first-order valence-electron chi connectivity index (χ1n) is 10.2. The number of nitrogens with one attached hydrogen (secondary N) is 1. The van der Waals surface area contributed by atoms with Crippen LogP contribution >= 0.6 is 0 Å². The summed E-state index contributed by atoms with van der Waals surface area (Å²) in [4.78, 5) is 37.0. The molecule has 0 saturated carbocycles. The van der Waals surface area contributed by atoms with Crippen LogP contribution in [0.3, 0.4) is 0 Å². The van der Waals surface area contributed by atoms with Gasteiger partial charge in [0.15, 0.2) is 0 Å². The van der Waals surface area contributed by atoms with E-state index >= 15 is 0 Å². The minimum atomic E-state index is -0.879. The van der Waals surface area contributed by atoms with Crippen LogP contribution in [-0.2, 0) is 16.0 Å². The van der Waals surface area contributed by atoms with E-state index < -0.39 is 29.3 Å². The average Bonchev–Trinajstić information content (AvgIpc) is 2.57. The van der Waals surface area contributed by atoms with Gasteiger partial charge in [0, 0.05) is 6.07 Å². The molecule has 2 aromatic rings. The molecule has 0 aliphatic rings. The minimum Gasteiger partial charge on any atom is -0.444 e. The zero-order chi connectivity index (χ0) is 22.6. The summed E-state index contributed by atoms with van der Waals surface area (Å²) in [6.07, 6.45) is 0.276. The van der Waals surface area contributed by atoms with Crippen molar-refractivity contribution < 1.29 is 23.5 Å². The average molecular weight is 418 g/mol. The van der Waals surface area contributed by atoms with Gasteiger partial charge in [0.2, 0.25) is 0 Å². The van der Waals surface area contributed by atoms with Gasteiger partial charge in [0.05, 0.1) is 5.39 Å². The molecule has 164 valence electrons. The van der Waals surface area contributed by atoms with Gasteiger partial charge >= 0.3 is 17.7 Å². The second kappa shape index (κ2) is 9.32. The number of carbonyl (C=O) groups excluding carboxylic acids is 2. The van der Waals surface area contributed by atoms with Gasteiger partial charge in [-0.15, -0.1) is 0 Å². The van der Waals surface area contributed by atoms with E-state index in [1.54, 1.807) is 32.9 Å². The standard InChI is InChI=1S/C23H31NO6/c1-8-15-12-19(25)28-17-10-14(4)11-18(20(15)17)29-21(26)16(9-13(2)3)24-22(27)30-23(5,6)7/h10-13,16H,8-9H2,1-7H3,(H,24,27)/t16-/m0/s1. The third-order valence-electron chi connectivity index (χ3n) is 4.31. The third kappa shape index (κ3) is 6.34. The molecule has 1 aromatic heterocycles. The molecule has 0 aliphatic heterocycles. The second-order valence-electron chi connectivity index (χ2n) is 8.83. The lowest BCUT2D eigenvalue weighted by molar-refractivity contribution is -0.137. The van der Waals surface area contributed by atoms with E-state index in [0.29, 0.717) is 29.6 Å². The van der Waals surface area contributed by atoms with Crippen molar-refractivity contribution >= 4 is 23.0 Å². The zero-order valence-corrected chi connectivity index (χ0v) is 18.8. The van der Waals surface area contributed by atoms with Gasteiger partial charge < -0.3 is 19.2 Å². The quantitative estimate of drug-likeness (QED) is 0.422. The fourth-order valence-corrected chi connectivity index (χ4v) is 3.14. The van der Waals surface area contributed by atoms with Crippen molar-refractivity contribution in [3.05, 3.63) is 39.7 Å². The van der Waals surface area contributed by atoms with Crippen molar-refractivity contribution in [3.63, 3.8) is 0 Å². The SMILES string of the molecule is CCc1cc(=O)oc2cc(C)cc(OC(=O)[C@H](CC(C)C)NC(=O)OC(C)(C)C)c12. The summed E-state index contributed by atoms with van der Waals surface area (Å²) < 4.78 is 16.3. The molecule has 0 saturated heterocycles. The summed E-state index contributed by atoms with van der Waals surface area (Å²) in [5.41, 5.74) is 0.734. The van der Waals surface area contributed by atoms with Gasteiger partial charge in [-0.05, 0) is 69.7 Å². The van der Waals surface area contributed by atoms with E-state index in [2.05, 4.69) is 5.32 Å². The zero-order valence-electron chi connectivity index (χ0n) is 18.8. The van der Waals surface area contributed by atoms with Crippen LogP contribution in [0.5, 0.6) is 5.75 Å². The van der Waals surface area contributed by atoms with Crippen LogP contribution in [0.4, 0.5) is 4.79 Å². The van der Waals surface area contributed by atoms with E-state index in [-0.39, 0.29) is 5.92 Å². The molecule has 0 unspecified atom stereocenters. The fraction of sp³-hybridized carbons (Fsp3) is 0.522. The highest BCUT2D eigenvalue weighted by Crippen LogP contribution is 2.30. The predicted molar refractivity (Wildman–Crippen MR) is 115 cm³/mol. The first-order chi connectivity index (χ1) is 13.9. The maximum absolute atomic E-state index is 13.0. The van der Waals surface area contributed by atoms with E-state index in [1.807, 2.05) is 27.7 Å². The number of aryl methyl sites for hydroxylation is 2. The topological polar surface area (TPSA) is 94.8 Å². The molecule has 7 nitrogen and oxygen atoms in total. The summed E-state index contributed by atoms with van der Waals surface area (Å²) >= 11 is 0. The van der Waals surface area contributed by atoms with Crippen molar-refractivity contribution in [2.75, 3.05) is 0 Å². The molecule has 0 bridgehead atoms. The largest absolute Gasteiger partial charge is 0.444 e. The normalized spacial score (nSPS) is 12.7. The highest BCUT2D eigenvalue weighted by atomic mass is 16.6. The van der Waals surface area contributed by atoms with Crippen LogP contribution in [0, 0.1) is 12.8 Å². The molecule has 0 spiro atoms. The van der Waals surface area contributed by atoms with Crippen molar-refractivity contribution in [1.29, 1.82) is 0 Å². The molecule has 7 heteroatoms. The van der Waals surface area contributed by atoms with Crippen LogP contribution in [0.2, 0.25) is 0 Å². The maximum Gasteiger partial charge on any atom is 0.408 e. The second-order valence-corrected chi connectivity index (χ2v) is 8.83. The van der Waals surface area contributed by atoms with Crippen molar-refractivity contribution in [3.8, 4) is 5.75 Å². The third-order valence-corrected chi connectivity index (χ3v) is 4.31. The lowest BCUT2D eigenvalue weighted by atomic mass is 10.0.